The van der Waals surface area contributed by atoms with Crippen LogP contribution in [0.5, 0.6) is 0 Å². The molecule has 1 N–H and O–H groups in total. The summed E-state index contributed by atoms with van der Waals surface area (Å²) in [5, 5.41) is 2.93. The van der Waals surface area contributed by atoms with Crippen molar-refractivity contribution in [2.45, 2.75) is 24.9 Å². The van der Waals surface area contributed by atoms with Crippen LogP contribution in [0.15, 0.2) is 60.7 Å². The van der Waals surface area contributed by atoms with Crippen LogP contribution < -0.4 is 5.32 Å². The highest BCUT2D eigenvalue weighted by Crippen LogP contribution is 2.39. The third-order valence-electron chi connectivity index (χ3n) is 5.09. The van der Waals surface area contributed by atoms with Crippen molar-refractivity contribution in [3.63, 3.8) is 0 Å². The van der Waals surface area contributed by atoms with Gasteiger partial charge in [-0.05, 0) is 17.0 Å². The average molecular weight is 320 g/mol. The van der Waals surface area contributed by atoms with Gasteiger partial charge in [0.05, 0.1) is 12.1 Å². The van der Waals surface area contributed by atoms with Gasteiger partial charge in [-0.25, -0.2) is 0 Å². The van der Waals surface area contributed by atoms with Crippen LogP contribution >= 0.6 is 0 Å². The number of nitrogens with zero attached hydrogens (tertiary/aromatic N) is 1. The molecule has 4 nitrogen and oxygen atoms in total. The molecule has 122 valence electrons. The van der Waals surface area contributed by atoms with Gasteiger partial charge in [0.25, 0.3) is 0 Å². The van der Waals surface area contributed by atoms with Gasteiger partial charge in [0, 0.05) is 19.4 Å². The predicted octanol–water partition coefficient (Wildman–Crippen LogP) is 2.51. The first-order chi connectivity index (χ1) is 11.7. The zero-order valence-electron chi connectivity index (χ0n) is 13.4. The summed E-state index contributed by atoms with van der Waals surface area (Å²) in [5.74, 6) is 0.322. The second kappa shape index (κ2) is 6.11. The van der Waals surface area contributed by atoms with Crippen molar-refractivity contribution in [2.75, 3.05) is 6.54 Å². The number of rotatable bonds is 3. The van der Waals surface area contributed by atoms with Gasteiger partial charge in [0.15, 0.2) is 0 Å². The number of piperidine rings is 1. The number of likely N-dealkylation sites (tertiary alicyclic amines) is 1. The monoisotopic (exact) mass is 320 g/mol. The number of carbonyl (C=O) groups excluding carboxylic acids is 2. The summed E-state index contributed by atoms with van der Waals surface area (Å²) in [6.07, 6.45) is 0.914. The molecular weight excluding hydrogens is 300 g/mol. The molecule has 2 aromatic rings. The quantitative estimate of drug-likeness (QED) is 0.945. The summed E-state index contributed by atoms with van der Waals surface area (Å²) in [7, 11) is 0. The Balaban J connectivity index is 1.76. The van der Waals surface area contributed by atoms with E-state index in [1.165, 1.54) is 0 Å². The zero-order chi connectivity index (χ0) is 16.5. The maximum absolute atomic E-state index is 12.8. The summed E-state index contributed by atoms with van der Waals surface area (Å²) in [6.45, 7) is 0.547. The molecule has 2 fully saturated rings. The molecule has 2 atom stereocenters. The minimum absolute atomic E-state index is 0.0573. The molecule has 4 heteroatoms. The van der Waals surface area contributed by atoms with Crippen molar-refractivity contribution in [2.24, 2.45) is 5.92 Å². The van der Waals surface area contributed by atoms with E-state index < -0.39 is 0 Å². The number of amides is 2. The zero-order valence-corrected chi connectivity index (χ0v) is 13.4. The van der Waals surface area contributed by atoms with E-state index in [0.29, 0.717) is 19.4 Å². The molecule has 0 aromatic heterocycles. The van der Waals surface area contributed by atoms with Crippen LogP contribution in [0.1, 0.15) is 30.0 Å². The normalized spacial score (nSPS) is 23.3. The number of fused-ring (bicyclic) bond motifs is 1. The van der Waals surface area contributed by atoms with E-state index >= 15 is 0 Å². The number of carbonyl (C=O) groups is 2. The van der Waals surface area contributed by atoms with E-state index in [0.717, 1.165) is 11.1 Å². The van der Waals surface area contributed by atoms with Crippen LogP contribution in [0.25, 0.3) is 0 Å². The van der Waals surface area contributed by atoms with E-state index in [2.05, 4.69) is 29.6 Å². The fourth-order valence-corrected chi connectivity index (χ4v) is 4.00. The fraction of sp³-hybridized carbons (Fsp3) is 0.300. The van der Waals surface area contributed by atoms with Crippen molar-refractivity contribution >= 4 is 11.8 Å². The minimum atomic E-state index is -0.107. The number of hydrogen-bond donors (Lipinski definition) is 1. The minimum Gasteiger partial charge on any atom is -0.354 e. The summed E-state index contributed by atoms with van der Waals surface area (Å²) in [5.41, 5.74) is 2.21. The molecule has 0 bridgehead atoms. The lowest BCUT2D eigenvalue weighted by Gasteiger charge is -2.37. The standard InChI is InChI=1S/C20H20N2O2/c23-18-11-16-12-19(24)22(17(16)13-21-18)20(14-7-3-1-4-8-14)15-9-5-2-6-10-15/h1-10,16-17,20H,11-13H2,(H,21,23)/t16-,17+/m0/s1. The Labute approximate surface area is 141 Å². The largest absolute Gasteiger partial charge is 0.354 e. The molecule has 2 saturated heterocycles. The Morgan fingerprint density at radius 3 is 2.04 bits per heavy atom. The smallest absolute Gasteiger partial charge is 0.224 e. The van der Waals surface area contributed by atoms with Gasteiger partial charge in [0.2, 0.25) is 11.8 Å². The topological polar surface area (TPSA) is 49.4 Å². The number of hydrogen-bond acceptors (Lipinski definition) is 2. The Bertz CT molecular complexity index is 705. The number of benzene rings is 2. The average Bonchev–Trinajstić information content (AvgIpc) is 2.92. The molecule has 0 spiro atoms. The summed E-state index contributed by atoms with van der Waals surface area (Å²) >= 11 is 0. The highest BCUT2D eigenvalue weighted by Gasteiger charge is 2.46. The Morgan fingerprint density at radius 2 is 1.46 bits per heavy atom. The SMILES string of the molecule is O=C1C[C@H]2CC(=O)N(C(c3ccccc3)c3ccccc3)[C@@H]2CN1. The van der Waals surface area contributed by atoms with Crippen molar-refractivity contribution in [1.29, 1.82) is 0 Å². The van der Waals surface area contributed by atoms with Crippen LogP contribution in [-0.2, 0) is 9.59 Å². The molecule has 0 unspecified atom stereocenters. The highest BCUT2D eigenvalue weighted by atomic mass is 16.2. The van der Waals surface area contributed by atoms with Gasteiger partial charge in [-0.3, -0.25) is 9.59 Å². The van der Waals surface area contributed by atoms with E-state index in [-0.39, 0.29) is 29.8 Å². The molecule has 24 heavy (non-hydrogen) atoms. The van der Waals surface area contributed by atoms with Crippen molar-refractivity contribution < 1.29 is 9.59 Å². The van der Waals surface area contributed by atoms with Gasteiger partial charge in [-0.15, -0.1) is 0 Å². The summed E-state index contributed by atoms with van der Waals surface area (Å²) in [4.78, 5) is 26.5. The van der Waals surface area contributed by atoms with Gasteiger partial charge in [0.1, 0.15) is 0 Å². The molecule has 2 heterocycles. The van der Waals surface area contributed by atoms with E-state index in [1.807, 2.05) is 41.3 Å². The molecular formula is C20H20N2O2. The first-order valence-electron chi connectivity index (χ1n) is 8.42. The van der Waals surface area contributed by atoms with E-state index in [1.54, 1.807) is 0 Å². The lowest BCUT2D eigenvalue weighted by atomic mass is 9.91. The lowest BCUT2D eigenvalue weighted by molar-refractivity contribution is -0.131. The van der Waals surface area contributed by atoms with Crippen molar-refractivity contribution in [3.8, 4) is 0 Å². The maximum Gasteiger partial charge on any atom is 0.224 e. The van der Waals surface area contributed by atoms with Gasteiger partial charge < -0.3 is 10.2 Å². The van der Waals surface area contributed by atoms with Gasteiger partial charge in [-0.1, -0.05) is 60.7 Å². The van der Waals surface area contributed by atoms with Crippen LogP contribution in [-0.4, -0.2) is 29.3 Å². The Hall–Kier alpha value is -2.62. The molecule has 0 aliphatic carbocycles. The molecule has 2 aliphatic rings. The number of nitrogens with one attached hydrogen (secondary N) is 1. The first-order valence-corrected chi connectivity index (χ1v) is 8.42. The fourth-order valence-electron chi connectivity index (χ4n) is 4.00. The van der Waals surface area contributed by atoms with Crippen LogP contribution in [0.2, 0.25) is 0 Å². The predicted molar refractivity (Wildman–Crippen MR) is 91.1 cm³/mol. The molecule has 4 rings (SSSR count). The molecule has 0 saturated carbocycles. The summed E-state index contributed by atoms with van der Waals surface area (Å²) in [6, 6.07) is 20.2. The third kappa shape index (κ3) is 2.58. The molecule has 2 amide bonds. The highest BCUT2D eigenvalue weighted by molar-refractivity contribution is 5.84. The molecule has 2 aliphatic heterocycles. The summed E-state index contributed by atoms with van der Waals surface area (Å²) < 4.78 is 0. The van der Waals surface area contributed by atoms with E-state index in [4.69, 9.17) is 0 Å². The van der Waals surface area contributed by atoms with Crippen LogP contribution in [0.4, 0.5) is 0 Å². The third-order valence-corrected chi connectivity index (χ3v) is 5.09. The van der Waals surface area contributed by atoms with Gasteiger partial charge in [-0.2, -0.15) is 0 Å². The first kappa shape index (κ1) is 14.9. The Morgan fingerprint density at radius 1 is 0.875 bits per heavy atom. The van der Waals surface area contributed by atoms with Crippen LogP contribution in [0.3, 0.4) is 0 Å². The second-order valence-electron chi connectivity index (χ2n) is 6.56. The van der Waals surface area contributed by atoms with Crippen LogP contribution in [0, 0.1) is 5.92 Å². The second-order valence-corrected chi connectivity index (χ2v) is 6.56. The molecule has 2 aromatic carbocycles. The van der Waals surface area contributed by atoms with E-state index in [9.17, 15) is 9.59 Å². The van der Waals surface area contributed by atoms with Crippen molar-refractivity contribution in [1.82, 2.24) is 10.2 Å². The maximum atomic E-state index is 12.8. The molecule has 0 radical (unpaired) electrons. The van der Waals surface area contributed by atoms with Gasteiger partial charge >= 0.3 is 0 Å². The lowest BCUT2D eigenvalue weighted by Crippen LogP contribution is -2.50. The van der Waals surface area contributed by atoms with Crippen molar-refractivity contribution in [3.05, 3.63) is 71.8 Å². The Kier molecular flexibility index (Phi) is 3.81.